The Kier molecular flexibility index (Phi) is 5.87. The summed E-state index contributed by atoms with van der Waals surface area (Å²) >= 11 is 1.14. The number of esters is 1. The number of ether oxygens (including phenoxy) is 1. The molecule has 0 saturated heterocycles. The fraction of sp³-hybridized carbons (Fsp3) is 0.353. The third kappa shape index (κ3) is 4.63. The van der Waals surface area contributed by atoms with Crippen LogP contribution in [0.3, 0.4) is 0 Å². The predicted molar refractivity (Wildman–Crippen MR) is 91.6 cm³/mol. The van der Waals surface area contributed by atoms with Crippen molar-refractivity contribution >= 4 is 28.3 Å². The van der Waals surface area contributed by atoms with E-state index in [4.69, 9.17) is 4.74 Å². The van der Waals surface area contributed by atoms with Crippen molar-refractivity contribution in [2.75, 3.05) is 11.9 Å². The summed E-state index contributed by atoms with van der Waals surface area (Å²) < 4.78 is 5.09. The van der Waals surface area contributed by atoms with Crippen molar-refractivity contribution < 1.29 is 14.3 Å². The summed E-state index contributed by atoms with van der Waals surface area (Å²) in [5.74, 6) is -0.273. The van der Waals surface area contributed by atoms with Crippen LogP contribution in [-0.4, -0.2) is 23.5 Å². The summed E-state index contributed by atoms with van der Waals surface area (Å²) in [4.78, 5) is 28.9. The Bertz CT molecular complexity index is 680. The largest absolute Gasteiger partial charge is 0.462 e. The molecule has 23 heavy (non-hydrogen) atoms. The topological polar surface area (TPSA) is 68.3 Å². The highest BCUT2D eigenvalue weighted by atomic mass is 32.1. The molecule has 0 atom stereocenters. The maximum Gasteiger partial charge on any atom is 0.350 e. The normalized spacial score (nSPS) is 10.6. The van der Waals surface area contributed by atoms with Crippen LogP contribution in [0.25, 0.3) is 11.3 Å². The van der Waals surface area contributed by atoms with Gasteiger partial charge in [-0.15, -0.1) is 0 Å². The number of anilines is 1. The molecule has 0 unspecified atom stereocenters. The molecule has 1 amide bonds. The number of nitrogens with zero attached hydrogens (tertiary/aromatic N) is 1. The third-order valence-electron chi connectivity index (χ3n) is 2.98. The molecule has 122 valence electrons. The molecule has 1 aromatic heterocycles. The number of nitrogens with one attached hydrogen (secondary N) is 1. The van der Waals surface area contributed by atoms with Gasteiger partial charge >= 0.3 is 5.97 Å². The summed E-state index contributed by atoms with van der Waals surface area (Å²) in [5.41, 5.74) is 1.35. The fourth-order valence-electron chi connectivity index (χ4n) is 2.04. The maximum absolute atomic E-state index is 12.2. The number of carbonyl (C=O) groups is 2. The first kappa shape index (κ1) is 17.1. The second kappa shape index (κ2) is 7.87. The molecule has 1 aromatic carbocycles. The molecule has 0 radical (unpaired) electrons. The maximum atomic E-state index is 12.2. The highest BCUT2D eigenvalue weighted by Gasteiger charge is 2.21. The predicted octanol–water partition coefficient (Wildman–Crippen LogP) is 3.97. The molecule has 0 fully saturated rings. The van der Waals surface area contributed by atoms with Crippen molar-refractivity contribution in [3.63, 3.8) is 0 Å². The SMILES string of the molecule is CCOC(=O)c1sc(NC(=O)CC(C)C)nc1-c1ccccc1. The summed E-state index contributed by atoms with van der Waals surface area (Å²) in [5, 5.41) is 3.18. The van der Waals surface area contributed by atoms with E-state index in [-0.39, 0.29) is 11.8 Å². The van der Waals surface area contributed by atoms with Gasteiger partial charge in [-0.05, 0) is 12.8 Å². The van der Waals surface area contributed by atoms with Crippen LogP contribution in [0.5, 0.6) is 0 Å². The van der Waals surface area contributed by atoms with Crippen LogP contribution in [0.1, 0.15) is 36.9 Å². The Hall–Kier alpha value is -2.21. The zero-order valence-corrected chi connectivity index (χ0v) is 14.3. The van der Waals surface area contributed by atoms with Gasteiger partial charge in [-0.2, -0.15) is 0 Å². The molecule has 0 aliphatic carbocycles. The second-order valence-electron chi connectivity index (χ2n) is 5.43. The first-order chi connectivity index (χ1) is 11.0. The first-order valence-corrected chi connectivity index (χ1v) is 8.36. The lowest BCUT2D eigenvalue weighted by Gasteiger charge is -2.03. The highest BCUT2D eigenvalue weighted by Crippen LogP contribution is 2.31. The van der Waals surface area contributed by atoms with Gasteiger partial charge in [0.2, 0.25) is 5.91 Å². The molecule has 1 heterocycles. The van der Waals surface area contributed by atoms with Gasteiger partial charge in [-0.1, -0.05) is 55.5 Å². The zero-order chi connectivity index (χ0) is 16.8. The number of hydrogen-bond acceptors (Lipinski definition) is 5. The van der Waals surface area contributed by atoms with E-state index in [9.17, 15) is 9.59 Å². The Morgan fingerprint density at radius 3 is 2.57 bits per heavy atom. The van der Waals surface area contributed by atoms with Crippen molar-refractivity contribution in [1.82, 2.24) is 4.98 Å². The average Bonchev–Trinajstić information content (AvgIpc) is 2.91. The van der Waals surface area contributed by atoms with E-state index in [1.165, 1.54) is 0 Å². The molecule has 0 spiro atoms. The Morgan fingerprint density at radius 1 is 1.26 bits per heavy atom. The van der Waals surface area contributed by atoms with Gasteiger partial charge in [-0.3, -0.25) is 4.79 Å². The number of amides is 1. The van der Waals surface area contributed by atoms with E-state index in [1.54, 1.807) is 6.92 Å². The van der Waals surface area contributed by atoms with Crippen molar-refractivity contribution in [2.24, 2.45) is 5.92 Å². The van der Waals surface area contributed by atoms with Gasteiger partial charge in [-0.25, -0.2) is 9.78 Å². The number of hydrogen-bond donors (Lipinski definition) is 1. The Morgan fingerprint density at radius 2 is 1.96 bits per heavy atom. The molecule has 1 N–H and O–H groups in total. The van der Waals surface area contributed by atoms with E-state index in [1.807, 2.05) is 44.2 Å². The van der Waals surface area contributed by atoms with Gasteiger partial charge in [0.15, 0.2) is 5.13 Å². The zero-order valence-electron chi connectivity index (χ0n) is 13.5. The van der Waals surface area contributed by atoms with Crippen molar-refractivity contribution in [3.8, 4) is 11.3 Å². The summed E-state index contributed by atoms with van der Waals surface area (Å²) in [6.45, 7) is 5.99. The first-order valence-electron chi connectivity index (χ1n) is 7.54. The standard InChI is InChI=1S/C17H20N2O3S/c1-4-22-16(21)15-14(12-8-6-5-7-9-12)19-17(23-15)18-13(20)10-11(2)3/h5-9,11H,4,10H2,1-3H3,(H,18,19,20). The van der Waals surface area contributed by atoms with Gasteiger partial charge in [0.1, 0.15) is 4.88 Å². The van der Waals surface area contributed by atoms with Gasteiger partial charge < -0.3 is 10.1 Å². The van der Waals surface area contributed by atoms with E-state index < -0.39 is 5.97 Å². The number of benzene rings is 1. The summed E-state index contributed by atoms with van der Waals surface area (Å²) in [7, 11) is 0. The fourth-order valence-corrected chi connectivity index (χ4v) is 2.94. The number of aromatic nitrogens is 1. The second-order valence-corrected chi connectivity index (χ2v) is 6.43. The minimum Gasteiger partial charge on any atom is -0.462 e. The molecule has 0 aliphatic heterocycles. The van der Waals surface area contributed by atoms with Crippen LogP contribution in [0.2, 0.25) is 0 Å². The molecule has 2 rings (SSSR count). The van der Waals surface area contributed by atoms with Crippen LogP contribution in [0.15, 0.2) is 30.3 Å². The molecule has 0 bridgehead atoms. The summed E-state index contributed by atoms with van der Waals surface area (Å²) in [6.07, 6.45) is 0.412. The molecule has 0 aliphatic rings. The van der Waals surface area contributed by atoms with E-state index >= 15 is 0 Å². The van der Waals surface area contributed by atoms with Crippen molar-refractivity contribution in [3.05, 3.63) is 35.2 Å². The molecular weight excluding hydrogens is 312 g/mol. The molecule has 2 aromatic rings. The monoisotopic (exact) mass is 332 g/mol. The van der Waals surface area contributed by atoms with E-state index in [2.05, 4.69) is 10.3 Å². The molecule has 0 saturated carbocycles. The number of thiazole rings is 1. The van der Waals surface area contributed by atoms with Gasteiger partial charge in [0.25, 0.3) is 0 Å². The Labute approximate surface area is 139 Å². The van der Waals surface area contributed by atoms with Crippen LogP contribution < -0.4 is 5.32 Å². The lowest BCUT2D eigenvalue weighted by Crippen LogP contribution is -2.13. The van der Waals surface area contributed by atoms with E-state index in [0.717, 1.165) is 16.9 Å². The molecule has 5 nitrogen and oxygen atoms in total. The van der Waals surface area contributed by atoms with Crippen LogP contribution in [0, 0.1) is 5.92 Å². The van der Waals surface area contributed by atoms with E-state index in [0.29, 0.717) is 28.7 Å². The number of rotatable bonds is 6. The van der Waals surface area contributed by atoms with Crippen molar-refractivity contribution in [2.45, 2.75) is 27.2 Å². The van der Waals surface area contributed by atoms with Crippen LogP contribution in [-0.2, 0) is 9.53 Å². The Balaban J connectivity index is 2.32. The van der Waals surface area contributed by atoms with Gasteiger partial charge in [0, 0.05) is 12.0 Å². The highest BCUT2D eigenvalue weighted by molar-refractivity contribution is 7.18. The quantitative estimate of drug-likeness (QED) is 0.813. The average molecular weight is 332 g/mol. The molecule has 6 heteroatoms. The summed E-state index contributed by atoms with van der Waals surface area (Å²) in [6, 6.07) is 9.39. The van der Waals surface area contributed by atoms with Gasteiger partial charge in [0.05, 0.1) is 12.3 Å². The third-order valence-corrected chi connectivity index (χ3v) is 3.93. The smallest absolute Gasteiger partial charge is 0.350 e. The van der Waals surface area contributed by atoms with Crippen LogP contribution >= 0.6 is 11.3 Å². The van der Waals surface area contributed by atoms with Crippen molar-refractivity contribution in [1.29, 1.82) is 0 Å². The minimum absolute atomic E-state index is 0.108. The minimum atomic E-state index is -0.423. The lowest BCUT2D eigenvalue weighted by atomic mass is 10.1. The number of carbonyl (C=O) groups excluding carboxylic acids is 2. The molecular formula is C17H20N2O3S. The van der Waals surface area contributed by atoms with Crippen LogP contribution in [0.4, 0.5) is 5.13 Å². The lowest BCUT2D eigenvalue weighted by molar-refractivity contribution is -0.116.